The van der Waals surface area contributed by atoms with Crippen molar-refractivity contribution in [3.63, 3.8) is 0 Å². The number of hydrogen-bond donors (Lipinski definition) is 1. The largest absolute Gasteiger partial charge is 0.342 e. The van der Waals surface area contributed by atoms with Crippen molar-refractivity contribution in [1.82, 2.24) is 9.62 Å². The van der Waals surface area contributed by atoms with E-state index in [0.717, 1.165) is 24.0 Å². The van der Waals surface area contributed by atoms with E-state index in [9.17, 15) is 13.2 Å². The lowest BCUT2D eigenvalue weighted by atomic mass is 10.2. The van der Waals surface area contributed by atoms with E-state index in [4.69, 9.17) is 0 Å². The molecule has 1 aromatic carbocycles. The van der Waals surface area contributed by atoms with Crippen LogP contribution in [0.3, 0.4) is 0 Å². The molecule has 6 heteroatoms. The van der Waals surface area contributed by atoms with Crippen LogP contribution >= 0.6 is 0 Å². The average molecular weight is 326 g/mol. The number of carbonyl (C=O) groups excluding carboxylic acids is 1. The van der Waals surface area contributed by atoms with Gasteiger partial charge in [-0.05, 0) is 31.9 Å². The molecule has 0 aliphatic carbocycles. The van der Waals surface area contributed by atoms with Crippen LogP contribution in [0.2, 0.25) is 0 Å². The minimum Gasteiger partial charge on any atom is -0.342 e. The lowest BCUT2D eigenvalue weighted by Crippen LogP contribution is -2.38. The van der Waals surface area contributed by atoms with E-state index in [-0.39, 0.29) is 12.5 Å². The van der Waals surface area contributed by atoms with Gasteiger partial charge >= 0.3 is 0 Å². The highest BCUT2D eigenvalue weighted by Gasteiger charge is 2.17. The molecule has 1 amide bonds. The number of rotatable bonds is 8. The van der Waals surface area contributed by atoms with Crippen LogP contribution in [-0.2, 0) is 14.8 Å². The summed E-state index contributed by atoms with van der Waals surface area (Å²) >= 11 is 0. The zero-order valence-corrected chi connectivity index (χ0v) is 14.7. The molecule has 22 heavy (non-hydrogen) atoms. The first kappa shape index (κ1) is 18.6. The molecule has 0 aliphatic rings. The molecule has 124 valence electrons. The highest BCUT2D eigenvalue weighted by Crippen LogP contribution is 2.16. The molecule has 0 aromatic heterocycles. The highest BCUT2D eigenvalue weighted by atomic mass is 32.2. The van der Waals surface area contributed by atoms with E-state index in [0.29, 0.717) is 18.0 Å². The maximum absolute atomic E-state index is 12.3. The normalized spacial score (nSPS) is 11.5. The predicted molar refractivity (Wildman–Crippen MR) is 88.3 cm³/mol. The van der Waals surface area contributed by atoms with Gasteiger partial charge in [-0.15, -0.1) is 0 Å². The molecule has 0 saturated carbocycles. The molecular weight excluding hydrogens is 300 g/mol. The summed E-state index contributed by atoms with van der Waals surface area (Å²) in [6, 6.07) is 5.25. The van der Waals surface area contributed by atoms with Gasteiger partial charge in [0, 0.05) is 26.6 Å². The standard InChI is InChI=1S/C16H26N2O3S/c1-5-6-10-18(15(4)19)11-9-17-22(20,21)16-8-7-13(2)12-14(16)3/h7-8,12,17H,5-6,9-11H2,1-4H3. The van der Waals surface area contributed by atoms with Gasteiger partial charge in [0.2, 0.25) is 15.9 Å². The molecular formula is C16H26N2O3S. The molecule has 0 spiro atoms. The molecule has 5 nitrogen and oxygen atoms in total. The lowest BCUT2D eigenvalue weighted by molar-refractivity contribution is -0.128. The molecule has 0 heterocycles. The molecule has 0 fully saturated rings. The zero-order valence-electron chi connectivity index (χ0n) is 13.8. The van der Waals surface area contributed by atoms with Gasteiger partial charge in [-0.2, -0.15) is 0 Å². The molecule has 0 bridgehead atoms. The Labute approximate surface area is 133 Å². The number of nitrogens with zero attached hydrogens (tertiary/aromatic N) is 1. The van der Waals surface area contributed by atoms with E-state index in [2.05, 4.69) is 11.6 Å². The SMILES string of the molecule is CCCCN(CCNS(=O)(=O)c1ccc(C)cc1C)C(C)=O. The van der Waals surface area contributed by atoms with Crippen LogP contribution < -0.4 is 4.72 Å². The third-order valence-corrected chi connectivity index (χ3v) is 5.14. The molecule has 1 N–H and O–H groups in total. The van der Waals surface area contributed by atoms with Crippen LogP contribution in [0.4, 0.5) is 0 Å². The molecule has 0 unspecified atom stereocenters. The first-order valence-electron chi connectivity index (χ1n) is 7.60. The van der Waals surface area contributed by atoms with E-state index >= 15 is 0 Å². The summed E-state index contributed by atoms with van der Waals surface area (Å²) in [6.07, 6.45) is 1.92. The van der Waals surface area contributed by atoms with E-state index in [1.54, 1.807) is 24.0 Å². The second kappa shape index (κ2) is 8.29. The van der Waals surface area contributed by atoms with Crippen molar-refractivity contribution in [2.75, 3.05) is 19.6 Å². The molecule has 1 rings (SSSR count). The van der Waals surface area contributed by atoms with E-state index < -0.39 is 10.0 Å². The van der Waals surface area contributed by atoms with Gasteiger partial charge in [0.05, 0.1) is 4.90 Å². The number of benzene rings is 1. The number of amides is 1. The second-order valence-electron chi connectivity index (χ2n) is 5.53. The van der Waals surface area contributed by atoms with E-state index in [1.165, 1.54) is 6.92 Å². The van der Waals surface area contributed by atoms with E-state index in [1.807, 2.05) is 13.0 Å². The van der Waals surface area contributed by atoms with Gasteiger partial charge in [0.1, 0.15) is 0 Å². The van der Waals surface area contributed by atoms with Crippen molar-refractivity contribution in [1.29, 1.82) is 0 Å². The van der Waals surface area contributed by atoms with Crippen molar-refractivity contribution in [3.05, 3.63) is 29.3 Å². The van der Waals surface area contributed by atoms with Gasteiger partial charge < -0.3 is 4.90 Å². The van der Waals surface area contributed by atoms with Crippen molar-refractivity contribution in [2.45, 2.75) is 45.4 Å². The Balaban J connectivity index is 2.67. The summed E-state index contributed by atoms with van der Waals surface area (Å²) in [4.78, 5) is 13.5. The predicted octanol–water partition coefficient (Wildman–Crippen LogP) is 2.23. The Bertz CT molecular complexity index is 612. The fourth-order valence-corrected chi connectivity index (χ4v) is 3.51. The Hall–Kier alpha value is -1.40. The van der Waals surface area contributed by atoms with Crippen molar-refractivity contribution < 1.29 is 13.2 Å². The number of nitrogens with one attached hydrogen (secondary N) is 1. The van der Waals surface area contributed by atoms with Crippen molar-refractivity contribution >= 4 is 15.9 Å². The maximum Gasteiger partial charge on any atom is 0.240 e. The summed E-state index contributed by atoms with van der Waals surface area (Å²) in [5, 5.41) is 0. The maximum atomic E-state index is 12.3. The molecule has 0 saturated heterocycles. The minimum absolute atomic E-state index is 0.0286. The van der Waals surface area contributed by atoms with Crippen LogP contribution in [0.25, 0.3) is 0 Å². The summed E-state index contributed by atoms with van der Waals surface area (Å²) < 4.78 is 27.2. The Morgan fingerprint density at radius 1 is 1.23 bits per heavy atom. The van der Waals surface area contributed by atoms with Crippen molar-refractivity contribution in [2.24, 2.45) is 0 Å². The summed E-state index contributed by atoms with van der Waals surface area (Å²) in [5.41, 5.74) is 1.75. The summed E-state index contributed by atoms with van der Waals surface area (Å²) in [5.74, 6) is -0.0286. The van der Waals surface area contributed by atoms with Crippen molar-refractivity contribution in [3.8, 4) is 0 Å². The van der Waals surface area contributed by atoms with Gasteiger partial charge in [-0.1, -0.05) is 31.0 Å². The zero-order chi connectivity index (χ0) is 16.8. The van der Waals surface area contributed by atoms with Crippen LogP contribution in [-0.4, -0.2) is 38.9 Å². The lowest BCUT2D eigenvalue weighted by Gasteiger charge is -2.21. The molecule has 1 aromatic rings. The molecule has 0 atom stereocenters. The fourth-order valence-electron chi connectivity index (χ4n) is 2.27. The number of sulfonamides is 1. The Morgan fingerprint density at radius 2 is 1.91 bits per heavy atom. The summed E-state index contributed by atoms with van der Waals surface area (Å²) in [6.45, 7) is 8.55. The minimum atomic E-state index is -3.54. The van der Waals surface area contributed by atoms with Gasteiger partial charge in [-0.25, -0.2) is 13.1 Å². The molecule has 0 aliphatic heterocycles. The number of hydrogen-bond acceptors (Lipinski definition) is 3. The third-order valence-electron chi connectivity index (χ3n) is 3.52. The topological polar surface area (TPSA) is 66.5 Å². The summed E-state index contributed by atoms with van der Waals surface area (Å²) in [7, 11) is -3.54. The van der Waals surface area contributed by atoms with Gasteiger partial charge in [0.15, 0.2) is 0 Å². The number of aryl methyl sites for hydroxylation is 2. The van der Waals surface area contributed by atoms with Crippen LogP contribution in [0.15, 0.2) is 23.1 Å². The quantitative estimate of drug-likeness (QED) is 0.796. The van der Waals surface area contributed by atoms with Crippen LogP contribution in [0.5, 0.6) is 0 Å². The van der Waals surface area contributed by atoms with Gasteiger partial charge in [0.25, 0.3) is 0 Å². The first-order valence-corrected chi connectivity index (χ1v) is 9.08. The Kier molecular flexibility index (Phi) is 7.03. The van der Waals surface area contributed by atoms with Crippen LogP contribution in [0.1, 0.15) is 37.8 Å². The third kappa shape index (κ3) is 5.42. The second-order valence-corrected chi connectivity index (χ2v) is 7.26. The smallest absolute Gasteiger partial charge is 0.240 e. The average Bonchev–Trinajstić information content (AvgIpc) is 2.41. The van der Waals surface area contributed by atoms with Gasteiger partial charge in [-0.3, -0.25) is 4.79 Å². The first-order chi connectivity index (χ1) is 10.3. The fraction of sp³-hybridized carbons (Fsp3) is 0.562. The Morgan fingerprint density at radius 3 is 2.45 bits per heavy atom. The number of carbonyl (C=O) groups is 1. The molecule has 0 radical (unpaired) electrons. The van der Waals surface area contributed by atoms with Crippen LogP contribution in [0, 0.1) is 13.8 Å². The number of unbranched alkanes of at least 4 members (excludes halogenated alkanes) is 1. The monoisotopic (exact) mass is 326 g/mol. The highest BCUT2D eigenvalue weighted by molar-refractivity contribution is 7.89.